The molecule has 168 valence electrons. The molecule has 1 amide bonds. The second kappa shape index (κ2) is 10.0. The lowest BCUT2D eigenvalue weighted by atomic mass is 10.1. The Labute approximate surface area is 183 Å². The van der Waals surface area contributed by atoms with Gasteiger partial charge < -0.3 is 19.1 Å². The van der Waals surface area contributed by atoms with Crippen molar-refractivity contribution in [3.05, 3.63) is 48.0 Å². The van der Waals surface area contributed by atoms with E-state index in [1.165, 1.54) is 0 Å². The van der Waals surface area contributed by atoms with Crippen molar-refractivity contribution in [2.75, 3.05) is 34.4 Å². The van der Waals surface area contributed by atoms with Crippen molar-refractivity contribution in [1.29, 1.82) is 0 Å². The van der Waals surface area contributed by atoms with Gasteiger partial charge in [-0.1, -0.05) is 6.07 Å². The Morgan fingerprint density at radius 2 is 1.55 bits per heavy atom. The number of rotatable bonds is 8. The fraction of sp³-hybridized carbons (Fsp3) is 0.435. The van der Waals surface area contributed by atoms with E-state index in [1.54, 1.807) is 56.6 Å². The zero-order chi connectivity index (χ0) is 22.4. The first-order valence-corrected chi connectivity index (χ1v) is 11.8. The van der Waals surface area contributed by atoms with Gasteiger partial charge in [-0.25, -0.2) is 8.42 Å². The second-order valence-corrected chi connectivity index (χ2v) is 9.71. The van der Waals surface area contributed by atoms with Crippen LogP contribution in [0.25, 0.3) is 0 Å². The molecule has 0 unspecified atom stereocenters. The van der Waals surface area contributed by atoms with Crippen LogP contribution in [0.3, 0.4) is 0 Å². The Morgan fingerprint density at radius 3 is 2.13 bits per heavy atom. The van der Waals surface area contributed by atoms with Crippen LogP contribution in [0.2, 0.25) is 0 Å². The van der Waals surface area contributed by atoms with Crippen molar-refractivity contribution in [3.63, 3.8) is 0 Å². The molecule has 1 saturated heterocycles. The number of benzene rings is 2. The quantitative estimate of drug-likeness (QED) is 0.619. The van der Waals surface area contributed by atoms with Gasteiger partial charge in [-0.05, 0) is 55.2 Å². The molecular formula is C23H29NO6S. The molecule has 1 fully saturated rings. The van der Waals surface area contributed by atoms with E-state index >= 15 is 0 Å². The standard InChI is InChI=1S/C23H29NO6S/c1-28-18-7-9-20(10-8-18)31(26,27)21-12-14-24(15-13-21)23(25)11-5-17-4-6-19(29-2)16-22(17)30-3/h4,6-10,16,21H,5,11-15H2,1-3H3. The summed E-state index contributed by atoms with van der Waals surface area (Å²) in [7, 11) is 1.30. The molecule has 3 rings (SSSR count). The van der Waals surface area contributed by atoms with Gasteiger partial charge in [0.15, 0.2) is 9.84 Å². The first-order valence-electron chi connectivity index (χ1n) is 10.3. The molecule has 31 heavy (non-hydrogen) atoms. The van der Waals surface area contributed by atoms with E-state index in [-0.39, 0.29) is 5.91 Å². The summed E-state index contributed by atoms with van der Waals surface area (Å²) in [6.07, 6.45) is 1.77. The van der Waals surface area contributed by atoms with Gasteiger partial charge in [-0.15, -0.1) is 0 Å². The Hall–Kier alpha value is -2.74. The number of hydrogen-bond donors (Lipinski definition) is 0. The smallest absolute Gasteiger partial charge is 0.222 e. The number of hydrogen-bond acceptors (Lipinski definition) is 6. The van der Waals surface area contributed by atoms with Crippen LogP contribution in [0.1, 0.15) is 24.8 Å². The molecule has 0 aromatic heterocycles. The third kappa shape index (κ3) is 5.31. The third-order valence-electron chi connectivity index (χ3n) is 5.72. The average molecular weight is 448 g/mol. The van der Waals surface area contributed by atoms with Crippen LogP contribution in [0.15, 0.2) is 47.4 Å². The molecule has 0 bridgehead atoms. The van der Waals surface area contributed by atoms with Crippen LogP contribution in [-0.2, 0) is 21.1 Å². The van der Waals surface area contributed by atoms with E-state index in [0.717, 1.165) is 5.56 Å². The predicted molar refractivity (Wildman–Crippen MR) is 118 cm³/mol. The first kappa shape index (κ1) is 22.9. The van der Waals surface area contributed by atoms with E-state index in [9.17, 15) is 13.2 Å². The Bertz CT molecular complexity index is 995. The number of aryl methyl sites for hydroxylation is 1. The minimum Gasteiger partial charge on any atom is -0.497 e. The molecule has 2 aromatic carbocycles. The van der Waals surface area contributed by atoms with Crippen LogP contribution < -0.4 is 14.2 Å². The van der Waals surface area contributed by atoms with Crippen molar-refractivity contribution in [3.8, 4) is 17.2 Å². The molecule has 0 N–H and O–H groups in total. The van der Waals surface area contributed by atoms with Crippen molar-refractivity contribution in [2.45, 2.75) is 35.8 Å². The average Bonchev–Trinajstić information content (AvgIpc) is 2.82. The van der Waals surface area contributed by atoms with Crippen molar-refractivity contribution in [1.82, 2.24) is 4.90 Å². The molecular weight excluding hydrogens is 418 g/mol. The fourth-order valence-corrected chi connectivity index (χ4v) is 5.56. The molecule has 1 heterocycles. The van der Waals surface area contributed by atoms with Crippen molar-refractivity contribution in [2.24, 2.45) is 0 Å². The van der Waals surface area contributed by atoms with Crippen LogP contribution in [0, 0.1) is 0 Å². The highest BCUT2D eigenvalue weighted by molar-refractivity contribution is 7.92. The Morgan fingerprint density at radius 1 is 0.935 bits per heavy atom. The van der Waals surface area contributed by atoms with Crippen LogP contribution in [-0.4, -0.2) is 58.9 Å². The van der Waals surface area contributed by atoms with Gasteiger partial charge in [0.2, 0.25) is 5.91 Å². The number of ether oxygens (including phenoxy) is 3. The highest BCUT2D eigenvalue weighted by Gasteiger charge is 2.32. The Kier molecular flexibility index (Phi) is 7.43. The lowest BCUT2D eigenvalue weighted by Gasteiger charge is -2.32. The summed E-state index contributed by atoms with van der Waals surface area (Å²) >= 11 is 0. The van der Waals surface area contributed by atoms with Gasteiger partial charge in [-0.2, -0.15) is 0 Å². The zero-order valence-electron chi connectivity index (χ0n) is 18.2. The minimum atomic E-state index is -3.43. The van der Waals surface area contributed by atoms with E-state index in [1.807, 2.05) is 12.1 Å². The lowest BCUT2D eigenvalue weighted by molar-refractivity contribution is -0.132. The summed E-state index contributed by atoms with van der Waals surface area (Å²) in [4.78, 5) is 14.7. The predicted octanol–water partition coefficient (Wildman–Crippen LogP) is 3.11. The maximum atomic E-state index is 12.9. The number of likely N-dealkylation sites (tertiary alicyclic amines) is 1. The van der Waals surface area contributed by atoms with Crippen LogP contribution >= 0.6 is 0 Å². The summed E-state index contributed by atoms with van der Waals surface area (Å²) in [6.45, 7) is 0.886. The van der Waals surface area contributed by atoms with Crippen molar-refractivity contribution >= 4 is 15.7 Å². The highest BCUT2D eigenvalue weighted by atomic mass is 32.2. The number of sulfone groups is 1. The normalized spacial score (nSPS) is 14.9. The van der Waals surface area contributed by atoms with Crippen molar-refractivity contribution < 1.29 is 27.4 Å². The van der Waals surface area contributed by atoms with E-state index in [2.05, 4.69) is 0 Å². The van der Waals surface area contributed by atoms with E-state index < -0.39 is 15.1 Å². The Balaban J connectivity index is 1.56. The summed E-state index contributed by atoms with van der Waals surface area (Å²) < 4.78 is 41.5. The largest absolute Gasteiger partial charge is 0.497 e. The molecule has 8 heteroatoms. The van der Waals surface area contributed by atoms with Crippen LogP contribution in [0.5, 0.6) is 17.2 Å². The van der Waals surface area contributed by atoms with Gasteiger partial charge in [-0.3, -0.25) is 4.79 Å². The summed E-state index contributed by atoms with van der Waals surface area (Å²) in [5.41, 5.74) is 0.939. The number of carbonyl (C=O) groups is 1. The maximum Gasteiger partial charge on any atom is 0.222 e. The summed E-state index contributed by atoms with van der Waals surface area (Å²) in [6, 6.07) is 12.0. The van der Waals surface area contributed by atoms with E-state index in [0.29, 0.717) is 60.9 Å². The number of amides is 1. The molecule has 0 radical (unpaired) electrons. The molecule has 7 nitrogen and oxygen atoms in total. The monoisotopic (exact) mass is 447 g/mol. The minimum absolute atomic E-state index is 0.0261. The molecule has 0 aliphatic carbocycles. The highest BCUT2D eigenvalue weighted by Crippen LogP contribution is 2.28. The van der Waals surface area contributed by atoms with Crippen LogP contribution in [0.4, 0.5) is 0 Å². The number of nitrogens with zero attached hydrogens (tertiary/aromatic N) is 1. The van der Waals surface area contributed by atoms with Gasteiger partial charge in [0, 0.05) is 25.6 Å². The first-order chi connectivity index (χ1) is 14.9. The summed E-state index contributed by atoms with van der Waals surface area (Å²) in [5.74, 6) is 2.04. The van der Waals surface area contributed by atoms with Gasteiger partial charge in [0.1, 0.15) is 17.2 Å². The zero-order valence-corrected chi connectivity index (χ0v) is 19.0. The third-order valence-corrected chi connectivity index (χ3v) is 8.00. The van der Waals surface area contributed by atoms with Gasteiger partial charge >= 0.3 is 0 Å². The number of methoxy groups -OCH3 is 3. The molecule has 1 aliphatic rings. The van der Waals surface area contributed by atoms with E-state index in [4.69, 9.17) is 14.2 Å². The van der Waals surface area contributed by atoms with Gasteiger partial charge in [0.05, 0.1) is 31.5 Å². The van der Waals surface area contributed by atoms with Gasteiger partial charge in [0.25, 0.3) is 0 Å². The second-order valence-electron chi connectivity index (χ2n) is 7.48. The topological polar surface area (TPSA) is 82.1 Å². The molecule has 0 spiro atoms. The fourth-order valence-electron chi connectivity index (χ4n) is 3.83. The number of carbonyl (C=O) groups excluding carboxylic acids is 1. The molecule has 0 atom stereocenters. The molecule has 0 saturated carbocycles. The lowest BCUT2D eigenvalue weighted by Crippen LogP contribution is -2.42. The number of piperidine rings is 1. The SMILES string of the molecule is COc1ccc(S(=O)(=O)C2CCN(C(=O)CCc3ccc(OC)cc3OC)CC2)cc1. The summed E-state index contributed by atoms with van der Waals surface area (Å²) in [5, 5.41) is -0.480. The molecule has 1 aliphatic heterocycles. The maximum absolute atomic E-state index is 12.9. The molecule has 2 aromatic rings.